The topological polar surface area (TPSA) is 47.7 Å². The summed E-state index contributed by atoms with van der Waals surface area (Å²) in [5, 5.41) is 0. The van der Waals surface area contributed by atoms with Crippen LogP contribution in [0.4, 0.5) is 0 Å². The van der Waals surface area contributed by atoms with E-state index in [0.29, 0.717) is 18.8 Å². The SMILES string of the molecule is CC1CN(CCCOc2ccc(CN)cc2)CC(C)O1. The van der Waals surface area contributed by atoms with E-state index in [-0.39, 0.29) is 0 Å². The fraction of sp³-hybridized carbons (Fsp3) is 0.625. The second-order valence-corrected chi connectivity index (χ2v) is 5.57. The number of rotatable bonds is 6. The van der Waals surface area contributed by atoms with Crippen LogP contribution in [-0.4, -0.2) is 43.3 Å². The Hall–Kier alpha value is -1.10. The lowest BCUT2D eigenvalue weighted by atomic mass is 10.2. The lowest BCUT2D eigenvalue weighted by Crippen LogP contribution is -2.45. The van der Waals surface area contributed by atoms with Gasteiger partial charge in [-0.05, 0) is 38.0 Å². The summed E-state index contributed by atoms with van der Waals surface area (Å²) in [7, 11) is 0. The van der Waals surface area contributed by atoms with Crippen LogP contribution in [0.1, 0.15) is 25.8 Å². The van der Waals surface area contributed by atoms with E-state index in [4.69, 9.17) is 15.2 Å². The van der Waals surface area contributed by atoms with Gasteiger partial charge in [0.25, 0.3) is 0 Å². The van der Waals surface area contributed by atoms with E-state index in [2.05, 4.69) is 18.7 Å². The van der Waals surface area contributed by atoms with Gasteiger partial charge < -0.3 is 15.2 Å². The maximum absolute atomic E-state index is 5.75. The molecule has 112 valence electrons. The molecule has 1 fully saturated rings. The minimum absolute atomic E-state index is 0.337. The Morgan fingerprint density at radius 2 is 1.85 bits per heavy atom. The summed E-state index contributed by atoms with van der Waals surface area (Å²) in [4.78, 5) is 2.46. The molecule has 2 atom stereocenters. The maximum atomic E-state index is 5.75. The fourth-order valence-corrected chi connectivity index (χ4v) is 2.67. The van der Waals surface area contributed by atoms with Gasteiger partial charge in [0.1, 0.15) is 5.75 Å². The van der Waals surface area contributed by atoms with Crippen molar-refractivity contribution >= 4 is 0 Å². The van der Waals surface area contributed by atoms with Crippen molar-refractivity contribution in [1.29, 1.82) is 0 Å². The summed E-state index contributed by atoms with van der Waals surface area (Å²) in [6.45, 7) is 8.72. The number of benzene rings is 1. The summed E-state index contributed by atoms with van der Waals surface area (Å²) in [5.41, 5.74) is 6.70. The van der Waals surface area contributed by atoms with Crippen LogP contribution in [0.2, 0.25) is 0 Å². The molecule has 0 radical (unpaired) electrons. The van der Waals surface area contributed by atoms with E-state index in [9.17, 15) is 0 Å². The van der Waals surface area contributed by atoms with Gasteiger partial charge in [-0.2, -0.15) is 0 Å². The molecule has 1 saturated heterocycles. The molecule has 1 aromatic rings. The summed E-state index contributed by atoms with van der Waals surface area (Å²) in [6, 6.07) is 8.00. The van der Waals surface area contributed by atoms with E-state index in [0.717, 1.165) is 44.0 Å². The highest BCUT2D eigenvalue weighted by molar-refractivity contribution is 5.26. The average molecular weight is 278 g/mol. The third-order valence-electron chi connectivity index (χ3n) is 3.54. The summed E-state index contributed by atoms with van der Waals surface area (Å²) >= 11 is 0. The number of hydrogen-bond donors (Lipinski definition) is 1. The van der Waals surface area contributed by atoms with Gasteiger partial charge in [-0.25, -0.2) is 0 Å². The molecule has 4 heteroatoms. The Kier molecular flexibility index (Phi) is 5.83. The third-order valence-corrected chi connectivity index (χ3v) is 3.54. The molecular weight excluding hydrogens is 252 g/mol. The highest BCUT2D eigenvalue weighted by Gasteiger charge is 2.21. The molecule has 20 heavy (non-hydrogen) atoms. The number of ether oxygens (including phenoxy) is 2. The molecule has 2 unspecified atom stereocenters. The van der Waals surface area contributed by atoms with E-state index in [1.54, 1.807) is 0 Å². The predicted octanol–water partition coefficient (Wildman–Crippen LogP) is 2.02. The highest BCUT2D eigenvalue weighted by Crippen LogP contribution is 2.13. The van der Waals surface area contributed by atoms with E-state index in [1.807, 2.05) is 24.3 Å². The molecule has 0 amide bonds. The molecule has 0 saturated carbocycles. The van der Waals surface area contributed by atoms with E-state index >= 15 is 0 Å². The average Bonchev–Trinajstić information content (AvgIpc) is 2.43. The number of morpholine rings is 1. The van der Waals surface area contributed by atoms with Gasteiger partial charge in [-0.3, -0.25) is 4.90 Å². The molecule has 1 aliphatic rings. The Labute approximate surface area is 121 Å². The van der Waals surface area contributed by atoms with Crippen LogP contribution in [0.5, 0.6) is 5.75 Å². The zero-order chi connectivity index (χ0) is 14.4. The van der Waals surface area contributed by atoms with Crippen molar-refractivity contribution in [2.75, 3.05) is 26.2 Å². The Morgan fingerprint density at radius 1 is 1.20 bits per heavy atom. The largest absolute Gasteiger partial charge is 0.494 e. The Bertz CT molecular complexity index is 384. The lowest BCUT2D eigenvalue weighted by Gasteiger charge is -2.35. The molecule has 0 bridgehead atoms. The summed E-state index contributed by atoms with van der Waals surface area (Å²) in [5.74, 6) is 0.922. The van der Waals surface area contributed by atoms with Crippen molar-refractivity contribution in [2.45, 2.75) is 39.0 Å². The molecule has 2 N–H and O–H groups in total. The second-order valence-electron chi connectivity index (χ2n) is 5.57. The first-order chi connectivity index (χ1) is 9.67. The van der Waals surface area contributed by atoms with Crippen molar-refractivity contribution in [3.63, 3.8) is 0 Å². The zero-order valence-corrected chi connectivity index (χ0v) is 12.5. The van der Waals surface area contributed by atoms with Crippen LogP contribution in [0.3, 0.4) is 0 Å². The quantitative estimate of drug-likeness (QED) is 0.809. The normalized spacial score (nSPS) is 23.8. The Balaban J connectivity index is 1.65. The van der Waals surface area contributed by atoms with E-state index in [1.165, 1.54) is 0 Å². The standard InChI is InChI=1S/C16H26N2O2/c1-13-11-18(12-14(2)20-13)8-3-9-19-16-6-4-15(10-17)5-7-16/h4-7,13-14H,3,8-12,17H2,1-2H3. The molecule has 2 rings (SSSR count). The first kappa shape index (κ1) is 15.3. The molecule has 0 aliphatic carbocycles. The van der Waals surface area contributed by atoms with Crippen LogP contribution in [0, 0.1) is 0 Å². The van der Waals surface area contributed by atoms with Crippen molar-refractivity contribution in [3.05, 3.63) is 29.8 Å². The van der Waals surface area contributed by atoms with Crippen LogP contribution in [0.15, 0.2) is 24.3 Å². The number of nitrogens with two attached hydrogens (primary N) is 1. The van der Waals surface area contributed by atoms with E-state index < -0.39 is 0 Å². The molecule has 1 aliphatic heterocycles. The molecule has 0 spiro atoms. The fourth-order valence-electron chi connectivity index (χ4n) is 2.67. The molecule has 0 aromatic heterocycles. The summed E-state index contributed by atoms with van der Waals surface area (Å²) < 4.78 is 11.5. The van der Waals surface area contributed by atoms with Gasteiger partial charge in [-0.15, -0.1) is 0 Å². The Morgan fingerprint density at radius 3 is 2.45 bits per heavy atom. The molecule has 1 heterocycles. The minimum atomic E-state index is 0.337. The van der Waals surface area contributed by atoms with Crippen molar-refractivity contribution in [1.82, 2.24) is 4.90 Å². The van der Waals surface area contributed by atoms with Crippen LogP contribution < -0.4 is 10.5 Å². The van der Waals surface area contributed by atoms with Crippen molar-refractivity contribution < 1.29 is 9.47 Å². The predicted molar refractivity (Wildman–Crippen MR) is 80.9 cm³/mol. The first-order valence-electron chi connectivity index (χ1n) is 7.47. The number of hydrogen-bond acceptors (Lipinski definition) is 4. The van der Waals surface area contributed by atoms with Crippen LogP contribution in [0.25, 0.3) is 0 Å². The van der Waals surface area contributed by atoms with Gasteiger partial charge in [0.15, 0.2) is 0 Å². The highest BCUT2D eigenvalue weighted by atomic mass is 16.5. The van der Waals surface area contributed by atoms with Gasteiger partial charge >= 0.3 is 0 Å². The minimum Gasteiger partial charge on any atom is -0.494 e. The maximum Gasteiger partial charge on any atom is 0.119 e. The monoisotopic (exact) mass is 278 g/mol. The zero-order valence-electron chi connectivity index (χ0n) is 12.5. The third kappa shape index (κ3) is 4.78. The van der Waals surface area contributed by atoms with Crippen molar-refractivity contribution in [2.24, 2.45) is 5.73 Å². The molecular formula is C16H26N2O2. The first-order valence-corrected chi connectivity index (χ1v) is 7.47. The molecule has 4 nitrogen and oxygen atoms in total. The smallest absolute Gasteiger partial charge is 0.119 e. The van der Waals surface area contributed by atoms with Gasteiger partial charge in [0.2, 0.25) is 0 Å². The van der Waals surface area contributed by atoms with Crippen LogP contribution >= 0.6 is 0 Å². The van der Waals surface area contributed by atoms with Gasteiger partial charge in [-0.1, -0.05) is 12.1 Å². The van der Waals surface area contributed by atoms with Crippen LogP contribution in [-0.2, 0) is 11.3 Å². The van der Waals surface area contributed by atoms with Crippen molar-refractivity contribution in [3.8, 4) is 5.75 Å². The van der Waals surface area contributed by atoms with Gasteiger partial charge in [0.05, 0.1) is 18.8 Å². The second kappa shape index (κ2) is 7.62. The van der Waals surface area contributed by atoms with Gasteiger partial charge in [0, 0.05) is 26.2 Å². The molecule has 1 aromatic carbocycles. The number of nitrogens with zero attached hydrogens (tertiary/aromatic N) is 1. The summed E-state index contributed by atoms with van der Waals surface area (Å²) in [6.07, 6.45) is 1.71. The lowest BCUT2D eigenvalue weighted by molar-refractivity contribution is -0.0686.